The first-order chi connectivity index (χ1) is 13.6. The zero-order valence-electron chi connectivity index (χ0n) is 16.0. The third kappa shape index (κ3) is 2.36. The van der Waals surface area contributed by atoms with Crippen LogP contribution in [-0.4, -0.2) is 45.5 Å². The summed E-state index contributed by atoms with van der Waals surface area (Å²) in [5, 5.41) is 0. The second kappa shape index (κ2) is 6.31. The van der Waals surface area contributed by atoms with Crippen LogP contribution in [0.4, 0.5) is 0 Å². The van der Waals surface area contributed by atoms with Crippen LogP contribution in [0.1, 0.15) is 39.2 Å². The van der Waals surface area contributed by atoms with Crippen LogP contribution in [0.5, 0.6) is 23.0 Å². The number of hydrogen-bond acceptors (Lipinski definition) is 7. The standard InChI is InChI=1S/C21H21NO6/c1-22-7-6-11-8-15(24-2)16(25-3)9-13(11)18(22)19-12-4-5-14-20(27-10-26-14)17(12)21(23)28-19/h4-5,8-9,18-19H,6-7,10H2,1-3H3. The summed E-state index contributed by atoms with van der Waals surface area (Å²) in [7, 11) is 5.30. The van der Waals surface area contributed by atoms with E-state index < -0.39 is 6.10 Å². The van der Waals surface area contributed by atoms with E-state index >= 15 is 0 Å². The Hall–Kier alpha value is -2.93. The predicted molar refractivity (Wildman–Crippen MR) is 99.3 cm³/mol. The molecule has 0 spiro atoms. The SMILES string of the molecule is COc1cc2c(cc1OC)C(C1OC(=O)c3c1ccc1c3OCO1)N(C)CC2. The third-order valence-corrected chi connectivity index (χ3v) is 5.78. The average molecular weight is 383 g/mol. The number of benzene rings is 2. The van der Waals surface area contributed by atoms with Crippen LogP contribution >= 0.6 is 0 Å². The zero-order valence-corrected chi connectivity index (χ0v) is 16.0. The molecular formula is C21H21NO6. The number of nitrogens with zero attached hydrogens (tertiary/aromatic N) is 1. The highest BCUT2D eigenvalue weighted by molar-refractivity contribution is 5.98. The molecule has 0 radical (unpaired) electrons. The molecule has 7 nitrogen and oxygen atoms in total. The van der Waals surface area contributed by atoms with Crippen molar-refractivity contribution in [2.24, 2.45) is 0 Å². The molecule has 0 amide bonds. The van der Waals surface area contributed by atoms with E-state index in [-0.39, 0.29) is 18.8 Å². The van der Waals surface area contributed by atoms with Gasteiger partial charge in [0.1, 0.15) is 11.7 Å². The number of cyclic esters (lactones) is 1. The summed E-state index contributed by atoms with van der Waals surface area (Å²) in [4.78, 5) is 14.9. The molecule has 3 aliphatic rings. The number of rotatable bonds is 3. The largest absolute Gasteiger partial charge is 0.493 e. The number of carbonyl (C=O) groups is 1. The van der Waals surface area contributed by atoms with Crippen LogP contribution < -0.4 is 18.9 Å². The van der Waals surface area contributed by atoms with Gasteiger partial charge in [-0.2, -0.15) is 0 Å². The second-order valence-electron chi connectivity index (χ2n) is 7.17. The van der Waals surface area contributed by atoms with Crippen molar-refractivity contribution < 1.29 is 28.5 Å². The molecule has 28 heavy (non-hydrogen) atoms. The minimum absolute atomic E-state index is 0.118. The normalized spacial score (nSPS) is 22.5. The molecule has 0 aromatic heterocycles. The lowest BCUT2D eigenvalue weighted by Gasteiger charge is -2.38. The van der Waals surface area contributed by atoms with Crippen LogP contribution in [0.15, 0.2) is 24.3 Å². The van der Waals surface area contributed by atoms with E-state index in [0.29, 0.717) is 28.6 Å². The van der Waals surface area contributed by atoms with Crippen molar-refractivity contribution in [3.05, 3.63) is 46.5 Å². The average Bonchev–Trinajstić information content (AvgIpc) is 3.31. The van der Waals surface area contributed by atoms with Crippen molar-refractivity contribution in [3.63, 3.8) is 0 Å². The molecule has 0 saturated heterocycles. The topological polar surface area (TPSA) is 66.5 Å². The first kappa shape index (κ1) is 17.2. The minimum Gasteiger partial charge on any atom is -0.493 e. The van der Waals surface area contributed by atoms with E-state index in [9.17, 15) is 4.79 Å². The molecule has 3 aliphatic heterocycles. The molecule has 2 aromatic carbocycles. The molecule has 2 aromatic rings. The molecule has 0 N–H and O–H groups in total. The van der Waals surface area contributed by atoms with Gasteiger partial charge in [0.25, 0.3) is 0 Å². The lowest BCUT2D eigenvalue weighted by Crippen LogP contribution is -2.36. The smallest absolute Gasteiger partial charge is 0.343 e. The Morgan fingerprint density at radius 1 is 1.07 bits per heavy atom. The maximum atomic E-state index is 12.7. The molecule has 2 unspecified atom stereocenters. The zero-order chi connectivity index (χ0) is 19.4. The molecular weight excluding hydrogens is 362 g/mol. The number of fused-ring (bicyclic) bond motifs is 4. The van der Waals surface area contributed by atoms with E-state index in [0.717, 1.165) is 24.1 Å². The third-order valence-electron chi connectivity index (χ3n) is 5.78. The van der Waals surface area contributed by atoms with Gasteiger partial charge in [-0.1, -0.05) is 6.07 Å². The van der Waals surface area contributed by atoms with Crippen LogP contribution in [-0.2, 0) is 11.2 Å². The Balaban J connectivity index is 1.63. The second-order valence-corrected chi connectivity index (χ2v) is 7.17. The summed E-state index contributed by atoms with van der Waals surface area (Å²) in [5.74, 6) is 2.06. The quantitative estimate of drug-likeness (QED) is 0.755. The Morgan fingerprint density at radius 3 is 2.64 bits per heavy atom. The fourth-order valence-corrected chi connectivity index (χ4v) is 4.40. The maximum absolute atomic E-state index is 12.7. The predicted octanol–water partition coefficient (Wildman–Crippen LogP) is 2.87. The molecule has 0 fully saturated rings. The van der Waals surface area contributed by atoms with Crippen molar-refractivity contribution in [1.29, 1.82) is 0 Å². The molecule has 7 heteroatoms. The van der Waals surface area contributed by atoms with Gasteiger partial charge in [0.05, 0.1) is 20.3 Å². The molecule has 0 bridgehead atoms. The highest BCUT2D eigenvalue weighted by Gasteiger charge is 2.44. The number of likely N-dealkylation sites (N-methyl/N-ethyl adjacent to an activating group) is 1. The van der Waals surface area contributed by atoms with Gasteiger partial charge < -0.3 is 23.7 Å². The van der Waals surface area contributed by atoms with Gasteiger partial charge >= 0.3 is 5.97 Å². The molecule has 5 rings (SSSR count). The Kier molecular flexibility index (Phi) is 3.87. The number of ether oxygens (including phenoxy) is 5. The lowest BCUT2D eigenvalue weighted by molar-refractivity contribution is 0.00928. The van der Waals surface area contributed by atoms with Crippen LogP contribution in [0.3, 0.4) is 0 Å². The van der Waals surface area contributed by atoms with E-state index in [1.165, 1.54) is 5.56 Å². The molecule has 2 atom stereocenters. The van der Waals surface area contributed by atoms with Gasteiger partial charge in [-0.3, -0.25) is 4.90 Å². The first-order valence-electron chi connectivity index (χ1n) is 9.21. The summed E-state index contributed by atoms with van der Waals surface area (Å²) in [5.41, 5.74) is 3.55. The number of esters is 1. The van der Waals surface area contributed by atoms with E-state index in [1.807, 2.05) is 31.3 Å². The van der Waals surface area contributed by atoms with Crippen LogP contribution in [0.2, 0.25) is 0 Å². The van der Waals surface area contributed by atoms with Crippen molar-refractivity contribution >= 4 is 5.97 Å². The van der Waals surface area contributed by atoms with Gasteiger partial charge in [0, 0.05) is 12.1 Å². The van der Waals surface area contributed by atoms with E-state index in [1.54, 1.807) is 14.2 Å². The maximum Gasteiger partial charge on any atom is 0.343 e. The molecule has 0 aliphatic carbocycles. The van der Waals surface area contributed by atoms with Crippen LogP contribution in [0, 0.1) is 0 Å². The van der Waals surface area contributed by atoms with Crippen molar-refractivity contribution in [3.8, 4) is 23.0 Å². The highest BCUT2D eigenvalue weighted by Crippen LogP contribution is 2.51. The van der Waals surface area contributed by atoms with Crippen molar-refractivity contribution in [2.75, 3.05) is 34.6 Å². The summed E-state index contributed by atoms with van der Waals surface area (Å²) in [6.07, 6.45) is 0.455. The monoisotopic (exact) mass is 383 g/mol. The summed E-state index contributed by atoms with van der Waals surface area (Å²) in [6, 6.07) is 7.63. The number of hydrogen-bond donors (Lipinski definition) is 0. The highest BCUT2D eigenvalue weighted by atomic mass is 16.7. The minimum atomic E-state index is -0.431. The first-order valence-corrected chi connectivity index (χ1v) is 9.21. The summed E-state index contributed by atoms with van der Waals surface area (Å²) >= 11 is 0. The number of carbonyl (C=O) groups excluding carboxylic acids is 1. The van der Waals surface area contributed by atoms with Crippen molar-refractivity contribution in [1.82, 2.24) is 4.90 Å². The van der Waals surface area contributed by atoms with Gasteiger partial charge in [-0.25, -0.2) is 4.79 Å². The summed E-state index contributed by atoms with van der Waals surface area (Å²) < 4.78 is 27.8. The molecule has 0 saturated carbocycles. The van der Waals surface area contributed by atoms with Gasteiger partial charge in [0.15, 0.2) is 23.0 Å². The Labute approximate surface area is 162 Å². The number of methoxy groups -OCH3 is 2. The van der Waals surface area contributed by atoms with Gasteiger partial charge in [-0.05, 0) is 42.8 Å². The fourth-order valence-electron chi connectivity index (χ4n) is 4.40. The van der Waals surface area contributed by atoms with Gasteiger partial charge in [0.2, 0.25) is 6.79 Å². The van der Waals surface area contributed by atoms with Gasteiger partial charge in [-0.15, -0.1) is 0 Å². The molecule has 146 valence electrons. The van der Waals surface area contributed by atoms with E-state index in [2.05, 4.69) is 4.90 Å². The van der Waals surface area contributed by atoms with Crippen molar-refractivity contribution in [2.45, 2.75) is 18.6 Å². The Bertz CT molecular complexity index is 972. The fraction of sp³-hybridized carbons (Fsp3) is 0.381. The van der Waals surface area contributed by atoms with Crippen LogP contribution in [0.25, 0.3) is 0 Å². The molecule has 3 heterocycles. The van der Waals surface area contributed by atoms with E-state index in [4.69, 9.17) is 23.7 Å². The Morgan fingerprint density at radius 2 is 1.86 bits per heavy atom. The summed E-state index contributed by atoms with van der Waals surface area (Å²) in [6.45, 7) is 0.966. The lowest BCUT2D eigenvalue weighted by atomic mass is 9.86.